The second-order valence-electron chi connectivity index (χ2n) is 8.28. The van der Waals surface area contributed by atoms with E-state index in [0.717, 1.165) is 29.2 Å². The predicted octanol–water partition coefficient (Wildman–Crippen LogP) is 6.09. The van der Waals surface area contributed by atoms with E-state index in [2.05, 4.69) is 69.3 Å². The van der Waals surface area contributed by atoms with Gasteiger partial charge in [-0.3, -0.25) is 0 Å². The Morgan fingerprint density at radius 2 is 1.03 bits per heavy atom. The number of benzene rings is 3. The van der Waals surface area contributed by atoms with E-state index in [4.69, 9.17) is 15.0 Å². The van der Waals surface area contributed by atoms with E-state index in [0.29, 0.717) is 5.82 Å². The minimum absolute atomic E-state index is 0.158. The summed E-state index contributed by atoms with van der Waals surface area (Å²) in [5.41, 5.74) is 4.43. The van der Waals surface area contributed by atoms with Crippen molar-refractivity contribution in [3.05, 3.63) is 102 Å². The van der Waals surface area contributed by atoms with Gasteiger partial charge in [0.05, 0.1) is 0 Å². The van der Waals surface area contributed by atoms with Crippen molar-refractivity contribution in [2.75, 3.05) is 0 Å². The summed E-state index contributed by atoms with van der Waals surface area (Å²) in [5.74, 6) is 2.23. The molecule has 0 aliphatic rings. The van der Waals surface area contributed by atoms with Crippen LogP contribution in [0.4, 0.5) is 0 Å². The van der Waals surface area contributed by atoms with E-state index in [1.54, 1.807) is 0 Å². The molecule has 3 aromatic carbocycles. The Bertz CT molecular complexity index is 1080. The lowest BCUT2D eigenvalue weighted by Crippen LogP contribution is -2.18. The maximum atomic E-state index is 4.79. The van der Waals surface area contributed by atoms with Gasteiger partial charge in [0, 0.05) is 16.5 Å². The Labute approximate surface area is 172 Å². The molecule has 0 radical (unpaired) electrons. The highest BCUT2D eigenvalue weighted by molar-refractivity contribution is 5.61. The van der Waals surface area contributed by atoms with Gasteiger partial charge in [0.2, 0.25) is 0 Å². The molecule has 0 saturated heterocycles. The van der Waals surface area contributed by atoms with Crippen LogP contribution in [0.15, 0.2) is 84.9 Å². The number of aromatic nitrogens is 3. The van der Waals surface area contributed by atoms with Gasteiger partial charge in [0.1, 0.15) is 5.82 Å². The molecule has 0 fully saturated rings. The topological polar surface area (TPSA) is 38.7 Å². The van der Waals surface area contributed by atoms with Gasteiger partial charge in [0.25, 0.3) is 0 Å². The average molecular weight is 380 g/mol. The Kier molecular flexibility index (Phi) is 5.22. The third-order valence-corrected chi connectivity index (χ3v) is 4.80. The average Bonchev–Trinajstić information content (AvgIpc) is 2.75. The quantitative estimate of drug-likeness (QED) is 0.430. The molecule has 0 aliphatic heterocycles. The molecule has 0 unspecified atom stereocenters. The summed E-state index contributed by atoms with van der Waals surface area (Å²) in [7, 11) is 0. The van der Waals surface area contributed by atoms with Gasteiger partial charge in [-0.05, 0) is 17.5 Å². The van der Waals surface area contributed by atoms with Crippen molar-refractivity contribution in [2.45, 2.75) is 32.6 Å². The second kappa shape index (κ2) is 7.96. The predicted molar refractivity (Wildman–Crippen MR) is 119 cm³/mol. The van der Waals surface area contributed by atoms with E-state index >= 15 is 0 Å². The van der Waals surface area contributed by atoms with Gasteiger partial charge < -0.3 is 0 Å². The van der Waals surface area contributed by atoms with Gasteiger partial charge in [-0.15, -0.1) is 0 Å². The molecule has 0 aliphatic carbocycles. The first kappa shape index (κ1) is 19.0. The molecule has 1 heterocycles. The summed E-state index contributed by atoms with van der Waals surface area (Å²) < 4.78 is 0. The first-order valence-corrected chi connectivity index (χ1v) is 9.94. The van der Waals surface area contributed by atoms with Gasteiger partial charge in [-0.2, -0.15) is 0 Å². The van der Waals surface area contributed by atoms with Crippen molar-refractivity contribution in [1.82, 2.24) is 15.0 Å². The highest BCUT2D eigenvalue weighted by atomic mass is 15.0. The normalized spacial score (nSPS) is 11.4. The van der Waals surface area contributed by atoms with Gasteiger partial charge in [-0.1, -0.05) is 106 Å². The minimum Gasteiger partial charge on any atom is -0.212 e. The first-order valence-electron chi connectivity index (χ1n) is 9.94. The third kappa shape index (κ3) is 4.57. The number of hydrogen-bond acceptors (Lipinski definition) is 3. The van der Waals surface area contributed by atoms with Crippen molar-refractivity contribution in [3.8, 4) is 22.8 Å². The molecular weight excluding hydrogens is 354 g/mol. The summed E-state index contributed by atoms with van der Waals surface area (Å²) in [6, 6.07) is 29.1. The van der Waals surface area contributed by atoms with Gasteiger partial charge in [0.15, 0.2) is 11.6 Å². The lowest BCUT2D eigenvalue weighted by atomic mass is 9.95. The summed E-state index contributed by atoms with van der Waals surface area (Å²) in [5, 5.41) is 0. The lowest BCUT2D eigenvalue weighted by molar-refractivity contribution is 0.543. The Balaban J connectivity index is 1.70. The standard InChI is InChI=1S/C26H25N3/c1-26(2,3)25-28-23(21-12-8-5-9-13-21)27-24(29-25)22-16-14-20(15-17-22)18-19-10-6-4-7-11-19/h4-17H,18H2,1-3H3. The van der Waals surface area contributed by atoms with E-state index < -0.39 is 0 Å². The van der Waals surface area contributed by atoms with Crippen LogP contribution >= 0.6 is 0 Å². The van der Waals surface area contributed by atoms with Crippen LogP contribution in [0.3, 0.4) is 0 Å². The molecule has 4 rings (SSSR count). The van der Waals surface area contributed by atoms with Crippen molar-refractivity contribution >= 4 is 0 Å². The molecule has 3 heteroatoms. The van der Waals surface area contributed by atoms with Gasteiger partial charge >= 0.3 is 0 Å². The monoisotopic (exact) mass is 379 g/mol. The zero-order chi connectivity index (χ0) is 20.3. The van der Waals surface area contributed by atoms with Crippen LogP contribution in [-0.4, -0.2) is 15.0 Å². The minimum atomic E-state index is -0.158. The lowest BCUT2D eigenvalue weighted by Gasteiger charge is -2.18. The molecule has 4 aromatic rings. The van der Waals surface area contributed by atoms with Crippen LogP contribution in [0.2, 0.25) is 0 Å². The van der Waals surface area contributed by atoms with E-state index in [9.17, 15) is 0 Å². The Morgan fingerprint density at radius 3 is 1.59 bits per heavy atom. The Morgan fingerprint density at radius 1 is 0.552 bits per heavy atom. The number of hydrogen-bond donors (Lipinski definition) is 0. The van der Waals surface area contributed by atoms with Crippen molar-refractivity contribution in [3.63, 3.8) is 0 Å². The van der Waals surface area contributed by atoms with Crippen LogP contribution in [0, 0.1) is 0 Å². The van der Waals surface area contributed by atoms with E-state index in [-0.39, 0.29) is 5.41 Å². The summed E-state index contributed by atoms with van der Waals surface area (Å²) in [6.45, 7) is 6.39. The zero-order valence-corrected chi connectivity index (χ0v) is 17.1. The SMILES string of the molecule is CC(C)(C)c1nc(-c2ccccc2)nc(-c2ccc(Cc3ccccc3)cc2)n1. The van der Waals surface area contributed by atoms with Crippen LogP contribution in [0.5, 0.6) is 0 Å². The van der Waals surface area contributed by atoms with Gasteiger partial charge in [-0.25, -0.2) is 15.0 Å². The van der Waals surface area contributed by atoms with Crippen LogP contribution < -0.4 is 0 Å². The molecule has 29 heavy (non-hydrogen) atoms. The van der Waals surface area contributed by atoms with Crippen molar-refractivity contribution < 1.29 is 0 Å². The third-order valence-electron chi connectivity index (χ3n) is 4.80. The van der Waals surface area contributed by atoms with E-state index in [1.807, 2.05) is 36.4 Å². The van der Waals surface area contributed by atoms with Crippen LogP contribution in [-0.2, 0) is 11.8 Å². The zero-order valence-electron chi connectivity index (χ0n) is 17.1. The first-order chi connectivity index (χ1) is 14.0. The fourth-order valence-electron chi connectivity index (χ4n) is 3.16. The molecule has 3 nitrogen and oxygen atoms in total. The molecule has 0 spiro atoms. The molecule has 0 amide bonds. The molecule has 1 aromatic heterocycles. The maximum Gasteiger partial charge on any atom is 0.163 e. The molecular formula is C26H25N3. The number of rotatable bonds is 4. The summed E-state index contributed by atoms with van der Waals surface area (Å²) >= 11 is 0. The van der Waals surface area contributed by atoms with Crippen LogP contribution in [0.25, 0.3) is 22.8 Å². The highest BCUT2D eigenvalue weighted by Crippen LogP contribution is 2.26. The molecule has 144 valence electrons. The smallest absolute Gasteiger partial charge is 0.163 e. The Hall–Kier alpha value is -3.33. The van der Waals surface area contributed by atoms with E-state index in [1.165, 1.54) is 11.1 Å². The fraction of sp³-hybridized carbons (Fsp3) is 0.192. The second-order valence-corrected chi connectivity index (χ2v) is 8.28. The molecule has 0 saturated carbocycles. The summed E-state index contributed by atoms with van der Waals surface area (Å²) in [6.07, 6.45) is 0.917. The molecule has 0 N–H and O–H groups in total. The fourth-order valence-corrected chi connectivity index (χ4v) is 3.16. The van der Waals surface area contributed by atoms with Crippen molar-refractivity contribution in [2.24, 2.45) is 0 Å². The van der Waals surface area contributed by atoms with Crippen LogP contribution in [0.1, 0.15) is 37.7 Å². The number of nitrogens with zero attached hydrogens (tertiary/aromatic N) is 3. The summed E-state index contributed by atoms with van der Waals surface area (Å²) in [4.78, 5) is 14.3. The highest BCUT2D eigenvalue weighted by Gasteiger charge is 2.21. The maximum absolute atomic E-state index is 4.79. The van der Waals surface area contributed by atoms with Crippen molar-refractivity contribution in [1.29, 1.82) is 0 Å². The molecule has 0 bridgehead atoms. The molecule has 0 atom stereocenters. The largest absolute Gasteiger partial charge is 0.212 e.